The molecule has 9 aromatic rings. The Morgan fingerprint density at radius 3 is 1.47 bits per heavy atom. The number of aromatic nitrogens is 4. The smallest absolute Gasteiger partial charge is 0.195 e. The molecular formula is C51H42N4+4. The quantitative estimate of drug-likeness (QED) is 0.128. The summed E-state index contributed by atoms with van der Waals surface area (Å²) >= 11 is 0. The Morgan fingerprint density at radius 2 is 0.909 bits per heavy atom. The summed E-state index contributed by atoms with van der Waals surface area (Å²) in [6.45, 7) is 2.39. The zero-order chi connectivity index (χ0) is 36.9. The Balaban J connectivity index is 1.31. The fourth-order valence-corrected chi connectivity index (χ4v) is 9.01. The van der Waals surface area contributed by atoms with Crippen molar-refractivity contribution < 1.29 is 18.3 Å². The molecule has 4 heteroatoms. The molecule has 0 amide bonds. The number of fused-ring (bicyclic) bond motifs is 9. The van der Waals surface area contributed by atoms with Crippen molar-refractivity contribution in [3.8, 4) is 44.8 Å². The standard InChI is InChI=1S/C51H42N4/c1-36(51-54-31-15-13-25-47(54)43-23-11-9-21-39(43)35-40-22-10-12-24-44(40)48-26-14-16-32-55(48)51)53-34-30-42(38-19-7-4-8-20-38)46-28-27-45-41(37-17-5-3-6-18-37)29-33-52(2)49(45)50(46)53/h3-34,36,51H,35H2,1-2H3/q+4. The first kappa shape index (κ1) is 32.8. The second-order valence-electron chi connectivity index (χ2n) is 14.7. The highest BCUT2D eigenvalue weighted by Gasteiger charge is 2.47. The summed E-state index contributed by atoms with van der Waals surface area (Å²) in [5, 5.41) is 2.45. The molecule has 0 saturated carbocycles. The van der Waals surface area contributed by atoms with Gasteiger partial charge in [-0.15, -0.1) is 9.13 Å². The van der Waals surface area contributed by atoms with Crippen LogP contribution in [0, 0.1) is 0 Å². The van der Waals surface area contributed by atoms with Gasteiger partial charge in [0.05, 0.1) is 10.8 Å². The van der Waals surface area contributed by atoms with Gasteiger partial charge in [0.15, 0.2) is 24.8 Å². The van der Waals surface area contributed by atoms with Crippen molar-refractivity contribution in [1.29, 1.82) is 0 Å². The first-order chi connectivity index (χ1) is 27.2. The molecule has 1 aliphatic heterocycles. The zero-order valence-corrected chi connectivity index (χ0v) is 31.1. The van der Waals surface area contributed by atoms with Crippen LogP contribution in [0.2, 0.25) is 0 Å². The second kappa shape index (κ2) is 13.6. The average Bonchev–Trinajstić information content (AvgIpc) is 3.24. The Bertz CT molecular complexity index is 2790. The Hall–Kier alpha value is -6.78. The molecule has 1 aliphatic rings. The lowest BCUT2D eigenvalue weighted by atomic mass is 9.92. The summed E-state index contributed by atoms with van der Waals surface area (Å²) in [6.07, 6.45) is 9.81. The summed E-state index contributed by atoms with van der Waals surface area (Å²) < 4.78 is 9.86. The molecular weight excluding hydrogens is 669 g/mol. The molecule has 0 radical (unpaired) electrons. The molecule has 0 bridgehead atoms. The molecule has 4 nitrogen and oxygen atoms in total. The van der Waals surface area contributed by atoms with Crippen molar-refractivity contribution in [3.05, 3.63) is 206 Å². The highest BCUT2D eigenvalue weighted by atomic mass is 15.3. The van der Waals surface area contributed by atoms with Gasteiger partial charge in [-0.25, -0.2) is 0 Å². The maximum absolute atomic E-state index is 2.54. The minimum absolute atomic E-state index is 0.0469. The summed E-state index contributed by atoms with van der Waals surface area (Å²) in [6, 6.07) is 62.0. The van der Waals surface area contributed by atoms with Crippen LogP contribution in [0.25, 0.3) is 66.6 Å². The van der Waals surface area contributed by atoms with E-state index in [4.69, 9.17) is 0 Å². The maximum Gasteiger partial charge on any atom is 0.415 e. The molecule has 0 aliphatic carbocycles. The zero-order valence-electron chi connectivity index (χ0n) is 31.1. The lowest BCUT2D eigenvalue weighted by molar-refractivity contribution is -0.974. The number of aryl methyl sites for hydroxylation is 1. The largest absolute Gasteiger partial charge is 0.415 e. The lowest BCUT2D eigenvalue weighted by Gasteiger charge is -2.21. The Labute approximate surface area is 322 Å². The van der Waals surface area contributed by atoms with E-state index in [9.17, 15) is 0 Å². The number of hydrogen-bond acceptors (Lipinski definition) is 0. The first-order valence-electron chi connectivity index (χ1n) is 19.2. The molecule has 1 atom stereocenters. The van der Waals surface area contributed by atoms with E-state index in [2.05, 4.69) is 227 Å². The fourth-order valence-electron chi connectivity index (χ4n) is 9.01. The van der Waals surface area contributed by atoms with Gasteiger partial charge in [-0.2, -0.15) is 9.13 Å². The number of rotatable bonds is 4. The molecule has 5 aromatic carbocycles. The summed E-state index contributed by atoms with van der Waals surface area (Å²) in [5.41, 5.74) is 14.8. The average molecular weight is 711 g/mol. The van der Waals surface area contributed by atoms with E-state index in [0.717, 1.165) is 6.42 Å². The summed E-state index contributed by atoms with van der Waals surface area (Å²) in [7, 11) is 2.19. The number of nitrogens with zero attached hydrogens (tertiary/aromatic N) is 4. The fraction of sp³-hybridized carbons (Fsp3) is 0.0980. The van der Waals surface area contributed by atoms with E-state index in [1.807, 2.05) is 0 Å². The molecule has 10 rings (SSSR count). The van der Waals surface area contributed by atoms with Gasteiger partial charge in [-0.05, 0) is 65.1 Å². The number of hydrogen-bond donors (Lipinski definition) is 0. The van der Waals surface area contributed by atoms with Crippen LogP contribution in [0.3, 0.4) is 0 Å². The number of benzene rings is 5. The third-order valence-electron chi connectivity index (χ3n) is 11.6. The number of pyridine rings is 4. The summed E-state index contributed by atoms with van der Waals surface area (Å²) in [4.78, 5) is 0. The molecule has 55 heavy (non-hydrogen) atoms. The monoisotopic (exact) mass is 710 g/mol. The van der Waals surface area contributed by atoms with Crippen LogP contribution in [0.4, 0.5) is 0 Å². The van der Waals surface area contributed by atoms with E-state index >= 15 is 0 Å². The Morgan fingerprint density at radius 1 is 0.436 bits per heavy atom. The van der Waals surface area contributed by atoms with Crippen molar-refractivity contribution in [1.82, 2.24) is 0 Å². The van der Waals surface area contributed by atoms with Gasteiger partial charge in [-0.3, -0.25) is 0 Å². The highest BCUT2D eigenvalue weighted by molar-refractivity contribution is 6.09. The van der Waals surface area contributed by atoms with Crippen LogP contribution in [0.5, 0.6) is 0 Å². The van der Waals surface area contributed by atoms with Crippen LogP contribution >= 0.6 is 0 Å². The van der Waals surface area contributed by atoms with Gasteiger partial charge >= 0.3 is 6.17 Å². The van der Waals surface area contributed by atoms with E-state index < -0.39 is 0 Å². The van der Waals surface area contributed by atoms with Crippen molar-refractivity contribution in [3.63, 3.8) is 0 Å². The molecule has 4 aromatic heterocycles. The highest BCUT2D eigenvalue weighted by Crippen LogP contribution is 2.36. The van der Waals surface area contributed by atoms with E-state index in [1.165, 1.54) is 77.7 Å². The molecule has 1 unspecified atom stereocenters. The third-order valence-corrected chi connectivity index (χ3v) is 11.6. The molecule has 0 saturated heterocycles. The molecule has 0 N–H and O–H groups in total. The lowest BCUT2D eigenvalue weighted by Crippen LogP contribution is -2.65. The maximum atomic E-state index is 2.54. The minimum Gasteiger partial charge on any atom is -0.195 e. The Kier molecular flexibility index (Phi) is 8.10. The predicted octanol–water partition coefficient (Wildman–Crippen LogP) is 9.56. The van der Waals surface area contributed by atoms with Gasteiger partial charge in [-0.1, -0.05) is 97.1 Å². The van der Waals surface area contributed by atoms with Gasteiger partial charge < -0.3 is 0 Å². The third kappa shape index (κ3) is 5.52. The van der Waals surface area contributed by atoms with Crippen molar-refractivity contribution in [2.75, 3.05) is 0 Å². The van der Waals surface area contributed by atoms with Crippen molar-refractivity contribution in [2.45, 2.75) is 25.6 Å². The van der Waals surface area contributed by atoms with Crippen LogP contribution in [-0.4, -0.2) is 0 Å². The topological polar surface area (TPSA) is 15.5 Å². The van der Waals surface area contributed by atoms with Gasteiger partial charge in [0.1, 0.15) is 7.05 Å². The molecule has 0 fully saturated rings. The van der Waals surface area contributed by atoms with Crippen molar-refractivity contribution in [2.24, 2.45) is 7.05 Å². The van der Waals surface area contributed by atoms with Crippen LogP contribution in [0.1, 0.15) is 30.3 Å². The van der Waals surface area contributed by atoms with Crippen LogP contribution in [-0.2, 0) is 13.5 Å². The second-order valence-corrected chi connectivity index (χ2v) is 14.7. The van der Waals surface area contributed by atoms with Crippen LogP contribution < -0.4 is 18.3 Å². The summed E-state index contributed by atoms with van der Waals surface area (Å²) in [5.74, 6) is 0. The van der Waals surface area contributed by atoms with Crippen LogP contribution in [0.15, 0.2) is 195 Å². The van der Waals surface area contributed by atoms with Crippen molar-refractivity contribution >= 4 is 21.8 Å². The van der Waals surface area contributed by atoms with Gasteiger partial charge in [0.25, 0.3) is 17.1 Å². The predicted molar refractivity (Wildman–Crippen MR) is 220 cm³/mol. The molecule has 262 valence electrons. The molecule has 5 heterocycles. The normalized spacial score (nSPS) is 13.1. The SMILES string of the molecule is CC(C1[n+]2ccccc2-c2ccccc2Cc2ccccc2-c2cccc[n+]21)[n+]1ccc(-c2ccccc2)c2ccc3c(-c4ccccc4)cc[n+](C)c3c21. The van der Waals surface area contributed by atoms with E-state index in [1.54, 1.807) is 0 Å². The van der Waals surface area contributed by atoms with E-state index in [-0.39, 0.29) is 12.2 Å². The first-order valence-corrected chi connectivity index (χ1v) is 19.2. The van der Waals surface area contributed by atoms with Gasteiger partial charge in [0.2, 0.25) is 11.4 Å². The van der Waals surface area contributed by atoms with Gasteiger partial charge in [0, 0.05) is 65.6 Å². The minimum atomic E-state index is -0.139. The molecule has 0 spiro atoms. The van der Waals surface area contributed by atoms with E-state index in [0.29, 0.717) is 0 Å².